The van der Waals surface area contributed by atoms with Crippen LogP contribution in [0.15, 0.2) is 59.4 Å². The van der Waals surface area contributed by atoms with E-state index in [0.717, 1.165) is 35.9 Å². The van der Waals surface area contributed by atoms with E-state index in [1.165, 1.54) is 17.8 Å². The first kappa shape index (κ1) is 17.0. The second kappa shape index (κ2) is 7.42. The van der Waals surface area contributed by atoms with Crippen molar-refractivity contribution < 1.29 is 4.79 Å². The summed E-state index contributed by atoms with van der Waals surface area (Å²) in [6, 6.07) is 17.2. The van der Waals surface area contributed by atoms with Gasteiger partial charge in [-0.3, -0.25) is 9.59 Å². The fourth-order valence-electron chi connectivity index (χ4n) is 3.68. The molecule has 0 bridgehead atoms. The van der Waals surface area contributed by atoms with E-state index in [2.05, 4.69) is 5.32 Å². The molecule has 1 saturated carbocycles. The zero-order valence-corrected chi connectivity index (χ0v) is 15.4. The molecule has 3 aromatic rings. The molecule has 0 unspecified atom stereocenters. The van der Waals surface area contributed by atoms with Gasteiger partial charge in [0.1, 0.15) is 5.00 Å². The number of fused-ring (bicyclic) bond motifs is 1. The van der Waals surface area contributed by atoms with Gasteiger partial charge in [-0.15, -0.1) is 11.3 Å². The van der Waals surface area contributed by atoms with Gasteiger partial charge in [-0.1, -0.05) is 61.7 Å². The second-order valence-electron chi connectivity index (χ2n) is 6.82. The lowest BCUT2D eigenvalue weighted by Crippen LogP contribution is -2.25. The lowest BCUT2D eigenvalue weighted by atomic mass is 9.88. The van der Waals surface area contributed by atoms with Crippen molar-refractivity contribution in [3.63, 3.8) is 0 Å². The van der Waals surface area contributed by atoms with Gasteiger partial charge in [0.15, 0.2) is 5.43 Å². The van der Waals surface area contributed by atoms with Crippen LogP contribution in [0.5, 0.6) is 0 Å². The van der Waals surface area contributed by atoms with Gasteiger partial charge in [0.05, 0.1) is 5.56 Å². The highest BCUT2D eigenvalue weighted by Gasteiger charge is 2.23. The van der Waals surface area contributed by atoms with Gasteiger partial charge in [-0.2, -0.15) is 0 Å². The normalized spacial score (nSPS) is 15.1. The summed E-state index contributed by atoms with van der Waals surface area (Å²) in [5.41, 5.74) is 1.42. The second-order valence-corrected chi connectivity index (χ2v) is 7.87. The number of amides is 1. The zero-order valence-electron chi connectivity index (χ0n) is 14.5. The van der Waals surface area contributed by atoms with Crippen molar-refractivity contribution in [3.05, 3.63) is 64.8 Å². The summed E-state index contributed by atoms with van der Waals surface area (Å²) in [6.45, 7) is 0. The molecule has 0 atom stereocenters. The lowest BCUT2D eigenvalue weighted by Gasteiger charge is -2.21. The van der Waals surface area contributed by atoms with Gasteiger partial charge in [-0.05, 0) is 30.5 Å². The first-order valence-corrected chi connectivity index (χ1v) is 9.98. The number of nitrogens with one attached hydrogen (secondary N) is 1. The van der Waals surface area contributed by atoms with Crippen LogP contribution in [0.25, 0.3) is 21.2 Å². The zero-order chi connectivity index (χ0) is 17.9. The molecule has 1 heterocycles. The Bertz CT molecular complexity index is 988. The average Bonchev–Trinajstić information content (AvgIpc) is 2.69. The van der Waals surface area contributed by atoms with Crippen LogP contribution < -0.4 is 10.7 Å². The summed E-state index contributed by atoms with van der Waals surface area (Å²) >= 11 is 1.48. The summed E-state index contributed by atoms with van der Waals surface area (Å²) in [7, 11) is 0. The number of anilines is 1. The van der Waals surface area contributed by atoms with E-state index in [1.54, 1.807) is 0 Å². The molecular formula is C22H21NO2S. The molecule has 0 spiro atoms. The number of carbonyl (C=O) groups excluding carboxylic acids is 1. The van der Waals surface area contributed by atoms with Crippen molar-refractivity contribution >= 4 is 32.3 Å². The molecule has 1 aliphatic rings. The molecule has 0 saturated heterocycles. The Balaban J connectivity index is 1.81. The van der Waals surface area contributed by atoms with Crippen molar-refractivity contribution in [2.24, 2.45) is 5.92 Å². The fourth-order valence-corrected chi connectivity index (χ4v) is 4.78. The molecule has 0 aliphatic heterocycles. The van der Waals surface area contributed by atoms with E-state index in [4.69, 9.17) is 0 Å². The third kappa shape index (κ3) is 3.29. The molecule has 132 valence electrons. The summed E-state index contributed by atoms with van der Waals surface area (Å²) in [5, 5.41) is 4.45. The molecular weight excluding hydrogens is 342 g/mol. The Kier molecular flexibility index (Phi) is 4.85. The van der Waals surface area contributed by atoms with Crippen molar-refractivity contribution in [2.45, 2.75) is 32.1 Å². The molecule has 1 aromatic heterocycles. The smallest absolute Gasteiger partial charge is 0.228 e. The molecule has 1 aliphatic carbocycles. The highest BCUT2D eigenvalue weighted by Crippen LogP contribution is 2.34. The first-order valence-electron chi connectivity index (χ1n) is 9.16. The van der Waals surface area contributed by atoms with Gasteiger partial charge < -0.3 is 5.32 Å². The molecule has 4 heteroatoms. The number of hydrogen-bond acceptors (Lipinski definition) is 3. The van der Waals surface area contributed by atoms with E-state index in [1.807, 2.05) is 54.6 Å². The molecule has 2 aromatic carbocycles. The van der Waals surface area contributed by atoms with Crippen LogP contribution in [0.4, 0.5) is 5.00 Å². The molecule has 26 heavy (non-hydrogen) atoms. The van der Waals surface area contributed by atoms with Crippen LogP contribution in [0.1, 0.15) is 32.1 Å². The van der Waals surface area contributed by atoms with Crippen LogP contribution in [0, 0.1) is 5.92 Å². The van der Waals surface area contributed by atoms with Crippen molar-refractivity contribution in [2.75, 3.05) is 5.32 Å². The first-order chi connectivity index (χ1) is 12.7. The third-order valence-electron chi connectivity index (χ3n) is 5.07. The molecule has 1 fully saturated rings. The Morgan fingerprint density at radius 3 is 2.38 bits per heavy atom. The summed E-state index contributed by atoms with van der Waals surface area (Å²) in [5.74, 6) is 0.106. The van der Waals surface area contributed by atoms with E-state index in [9.17, 15) is 9.59 Å². The Labute approximate surface area is 156 Å². The van der Waals surface area contributed by atoms with Gasteiger partial charge >= 0.3 is 0 Å². The van der Waals surface area contributed by atoms with Crippen molar-refractivity contribution in [1.82, 2.24) is 0 Å². The summed E-state index contributed by atoms with van der Waals surface area (Å²) in [4.78, 5) is 26.0. The van der Waals surface area contributed by atoms with Crippen molar-refractivity contribution in [3.8, 4) is 11.1 Å². The summed E-state index contributed by atoms with van der Waals surface area (Å²) < 4.78 is 0.899. The van der Waals surface area contributed by atoms with Crippen LogP contribution in [-0.4, -0.2) is 5.91 Å². The highest BCUT2D eigenvalue weighted by atomic mass is 32.1. The predicted molar refractivity (Wildman–Crippen MR) is 109 cm³/mol. The number of carbonyl (C=O) groups is 1. The largest absolute Gasteiger partial charge is 0.317 e. The van der Waals surface area contributed by atoms with E-state index in [0.29, 0.717) is 16.0 Å². The standard InChI is InChI=1S/C22H21NO2S/c24-20-17-13-7-8-14-18(17)26-22(19(20)15-9-3-1-4-10-15)23-21(25)16-11-5-2-6-12-16/h1,3-4,7-10,13-14,16H,2,5-6,11-12H2,(H,23,25). The maximum absolute atomic E-state index is 13.2. The Morgan fingerprint density at radius 2 is 1.62 bits per heavy atom. The molecule has 1 amide bonds. The number of rotatable bonds is 3. The van der Waals surface area contributed by atoms with Crippen LogP contribution in [0.2, 0.25) is 0 Å². The van der Waals surface area contributed by atoms with E-state index < -0.39 is 0 Å². The number of benzene rings is 2. The minimum atomic E-state index is -0.0236. The fraction of sp³-hybridized carbons (Fsp3) is 0.273. The summed E-state index contributed by atoms with van der Waals surface area (Å²) in [6.07, 6.45) is 5.31. The predicted octanol–water partition coefficient (Wildman–Crippen LogP) is 5.45. The highest BCUT2D eigenvalue weighted by molar-refractivity contribution is 7.22. The average molecular weight is 363 g/mol. The van der Waals surface area contributed by atoms with Crippen molar-refractivity contribution in [1.29, 1.82) is 0 Å². The SMILES string of the molecule is O=C(Nc1sc2ccccc2c(=O)c1-c1ccccc1)C1CCCCC1. The molecule has 0 radical (unpaired) electrons. The molecule has 3 nitrogen and oxygen atoms in total. The van der Waals surface area contributed by atoms with E-state index >= 15 is 0 Å². The van der Waals surface area contributed by atoms with E-state index in [-0.39, 0.29) is 17.3 Å². The minimum Gasteiger partial charge on any atom is -0.317 e. The van der Waals surface area contributed by atoms with Crippen LogP contribution >= 0.6 is 11.3 Å². The maximum Gasteiger partial charge on any atom is 0.228 e. The Morgan fingerprint density at radius 1 is 0.923 bits per heavy atom. The topological polar surface area (TPSA) is 46.2 Å². The lowest BCUT2D eigenvalue weighted by molar-refractivity contribution is -0.120. The van der Waals surface area contributed by atoms with Gasteiger partial charge in [0.25, 0.3) is 0 Å². The monoisotopic (exact) mass is 363 g/mol. The third-order valence-corrected chi connectivity index (χ3v) is 6.16. The van der Waals surface area contributed by atoms with Crippen LogP contribution in [-0.2, 0) is 4.79 Å². The molecule has 1 N–H and O–H groups in total. The molecule has 4 rings (SSSR count). The number of hydrogen-bond donors (Lipinski definition) is 1. The maximum atomic E-state index is 13.2. The quantitative estimate of drug-likeness (QED) is 0.673. The Hall–Kier alpha value is -2.46. The van der Waals surface area contributed by atoms with Gasteiger partial charge in [0.2, 0.25) is 5.91 Å². The van der Waals surface area contributed by atoms with Gasteiger partial charge in [0, 0.05) is 16.0 Å². The minimum absolute atomic E-state index is 0.0236. The van der Waals surface area contributed by atoms with Crippen LogP contribution in [0.3, 0.4) is 0 Å². The van der Waals surface area contributed by atoms with Gasteiger partial charge in [-0.25, -0.2) is 0 Å².